The molecule has 16 heavy (non-hydrogen) atoms. The highest BCUT2D eigenvalue weighted by atomic mass is 79.9. The minimum absolute atomic E-state index is 0.308. The standard InChI is InChI=1S/C13H19BrN2/c1-13(2,15)12-10(14)6-5-7-11(12)16-8-3-4-9-16/h5-7H,3-4,8-9,15H2,1-2H3. The molecule has 0 unspecified atom stereocenters. The third-order valence-electron chi connectivity index (χ3n) is 3.08. The van der Waals surface area contributed by atoms with Gasteiger partial charge in [0.15, 0.2) is 0 Å². The first-order valence-electron chi connectivity index (χ1n) is 5.83. The molecule has 0 aliphatic carbocycles. The average molecular weight is 283 g/mol. The summed E-state index contributed by atoms with van der Waals surface area (Å²) in [4.78, 5) is 2.44. The Labute approximate surface area is 106 Å². The van der Waals surface area contributed by atoms with E-state index in [4.69, 9.17) is 5.73 Å². The molecule has 2 rings (SSSR count). The van der Waals surface area contributed by atoms with Gasteiger partial charge in [0.25, 0.3) is 0 Å². The Bertz CT molecular complexity index is 376. The number of nitrogens with two attached hydrogens (primary N) is 1. The van der Waals surface area contributed by atoms with Crippen LogP contribution >= 0.6 is 15.9 Å². The predicted molar refractivity (Wildman–Crippen MR) is 72.8 cm³/mol. The highest BCUT2D eigenvalue weighted by Gasteiger charge is 2.25. The summed E-state index contributed by atoms with van der Waals surface area (Å²) in [7, 11) is 0. The first kappa shape index (κ1) is 11.9. The number of hydrogen-bond donors (Lipinski definition) is 1. The molecule has 3 heteroatoms. The molecule has 0 bridgehead atoms. The molecule has 0 aromatic heterocycles. The van der Waals surface area contributed by atoms with E-state index >= 15 is 0 Å². The number of benzene rings is 1. The molecule has 0 saturated carbocycles. The molecule has 1 aromatic rings. The van der Waals surface area contributed by atoms with Gasteiger partial charge in [-0.2, -0.15) is 0 Å². The molecular formula is C13H19BrN2. The van der Waals surface area contributed by atoms with E-state index < -0.39 is 0 Å². The van der Waals surface area contributed by atoms with Crippen LogP contribution in [0, 0.1) is 0 Å². The van der Waals surface area contributed by atoms with Crippen molar-refractivity contribution in [2.75, 3.05) is 18.0 Å². The van der Waals surface area contributed by atoms with E-state index in [0.29, 0.717) is 0 Å². The van der Waals surface area contributed by atoms with Gasteiger partial charge in [0.1, 0.15) is 0 Å². The van der Waals surface area contributed by atoms with Crippen molar-refractivity contribution in [2.45, 2.75) is 32.2 Å². The zero-order chi connectivity index (χ0) is 11.8. The summed E-state index contributed by atoms with van der Waals surface area (Å²) in [5, 5.41) is 0. The van der Waals surface area contributed by atoms with Crippen molar-refractivity contribution in [3.63, 3.8) is 0 Å². The van der Waals surface area contributed by atoms with Gasteiger partial charge in [0, 0.05) is 34.4 Å². The summed E-state index contributed by atoms with van der Waals surface area (Å²) in [6.07, 6.45) is 2.58. The van der Waals surface area contributed by atoms with Crippen LogP contribution in [0.3, 0.4) is 0 Å². The fourth-order valence-electron chi connectivity index (χ4n) is 2.37. The van der Waals surface area contributed by atoms with E-state index in [1.165, 1.54) is 24.1 Å². The van der Waals surface area contributed by atoms with Crippen LogP contribution in [0.5, 0.6) is 0 Å². The Kier molecular flexibility index (Phi) is 3.27. The summed E-state index contributed by atoms with van der Waals surface area (Å²) in [5.74, 6) is 0. The molecule has 2 N–H and O–H groups in total. The second-order valence-electron chi connectivity index (χ2n) is 5.05. The number of rotatable bonds is 2. The summed E-state index contributed by atoms with van der Waals surface area (Å²) < 4.78 is 1.12. The van der Waals surface area contributed by atoms with Gasteiger partial charge in [-0.05, 0) is 38.8 Å². The van der Waals surface area contributed by atoms with Crippen molar-refractivity contribution in [3.8, 4) is 0 Å². The van der Waals surface area contributed by atoms with Gasteiger partial charge in [-0.25, -0.2) is 0 Å². The van der Waals surface area contributed by atoms with E-state index in [1.807, 2.05) is 0 Å². The largest absolute Gasteiger partial charge is 0.371 e. The van der Waals surface area contributed by atoms with Crippen LogP contribution in [0.4, 0.5) is 5.69 Å². The van der Waals surface area contributed by atoms with Crippen LogP contribution in [0.2, 0.25) is 0 Å². The van der Waals surface area contributed by atoms with Crippen LogP contribution in [-0.2, 0) is 5.54 Å². The molecule has 1 aliphatic rings. The maximum Gasteiger partial charge on any atom is 0.0428 e. The zero-order valence-electron chi connectivity index (χ0n) is 9.96. The average Bonchev–Trinajstić information content (AvgIpc) is 2.67. The van der Waals surface area contributed by atoms with Gasteiger partial charge in [-0.15, -0.1) is 0 Å². The van der Waals surface area contributed by atoms with Gasteiger partial charge in [0.2, 0.25) is 0 Å². The summed E-state index contributed by atoms with van der Waals surface area (Å²) in [6, 6.07) is 6.34. The van der Waals surface area contributed by atoms with E-state index in [0.717, 1.165) is 17.6 Å². The maximum absolute atomic E-state index is 6.27. The van der Waals surface area contributed by atoms with E-state index in [1.54, 1.807) is 0 Å². The highest BCUT2D eigenvalue weighted by molar-refractivity contribution is 9.10. The highest BCUT2D eigenvalue weighted by Crippen LogP contribution is 2.36. The Hall–Kier alpha value is -0.540. The molecule has 1 saturated heterocycles. The van der Waals surface area contributed by atoms with Crippen LogP contribution in [0.1, 0.15) is 32.3 Å². The third kappa shape index (κ3) is 2.25. The third-order valence-corrected chi connectivity index (χ3v) is 3.74. The van der Waals surface area contributed by atoms with Gasteiger partial charge in [-0.3, -0.25) is 0 Å². The molecule has 0 spiro atoms. The Morgan fingerprint density at radius 1 is 1.25 bits per heavy atom. The molecule has 0 atom stereocenters. The lowest BCUT2D eigenvalue weighted by Crippen LogP contribution is -2.32. The van der Waals surface area contributed by atoms with Crippen molar-refractivity contribution in [3.05, 3.63) is 28.2 Å². The van der Waals surface area contributed by atoms with Gasteiger partial charge >= 0.3 is 0 Å². The van der Waals surface area contributed by atoms with Crippen LogP contribution < -0.4 is 10.6 Å². The Balaban J connectivity index is 2.47. The molecule has 1 aromatic carbocycles. The molecule has 88 valence electrons. The summed E-state index contributed by atoms with van der Waals surface area (Å²) >= 11 is 3.62. The second-order valence-corrected chi connectivity index (χ2v) is 5.90. The maximum atomic E-state index is 6.27. The van der Waals surface area contributed by atoms with Crippen molar-refractivity contribution in [2.24, 2.45) is 5.73 Å². The molecule has 1 fully saturated rings. The zero-order valence-corrected chi connectivity index (χ0v) is 11.5. The summed E-state index contributed by atoms with van der Waals surface area (Å²) in [6.45, 7) is 6.43. The normalized spacial score (nSPS) is 16.9. The van der Waals surface area contributed by atoms with Gasteiger partial charge in [0.05, 0.1) is 0 Å². The fraction of sp³-hybridized carbons (Fsp3) is 0.538. The predicted octanol–water partition coefficient (Wildman–Crippen LogP) is 3.24. The first-order valence-corrected chi connectivity index (χ1v) is 6.62. The molecule has 0 amide bonds. The molecule has 1 aliphatic heterocycles. The monoisotopic (exact) mass is 282 g/mol. The van der Waals surface area contributed by atoms with Gasteiger partial charge < -0.3 is 10.6 Å². The lowest BCUT2D eigenvalue weighted by molar-refractivity contribution is 0.550. The number of hydrogen-bond acceptors (Lipinski definition) is 2. The number of halogens is 1. The Morgan fingerprint density at radius 3 is 2.44 bits per heavy atom. The van der Waals surface area contributed by atoms with E-state index in [9.17, 15) is 0 Å². The number of anilines is 1. The van der Waals surface area contributed by atoms with E-state index in [2.05, 4.69) is 52.9 Å². The van der Waals surface area contributed by atoms with Crippen molar-refractivity contribution < 1.29 is 0 Å². The lowest BCUT2D eigenvalue weighted by Gasteiger charge is -2.29. The smallest absolute Gasteiger partial charge is 0.0428 e. The molecular weight excluding hydrogens is 264 g/mol. The minimum atomic E-state index is -0.308. The summed E-state index contributed by atoms with van der Waals surface area (Å²) in [5.41, 5.74) is 8.47. The van der Waals surface area contributed by atoms with Crippen LogP contribution in [0.15, 0.2) is 22.7 Å². The Morgan fingerprint density at radius 2 is 1.88 bits per heavy atom. The quantitative estimate of drug-likeness (QED) is 0.902. The molecule has 0 radical (unpaired) electrons. The topological polar surface area (TPSA) is 29.3 Å². The molecule has 2 nitrogen and oxygen atoms in total. The minimum Gasteiger partial charge on any atom is -0.371 e. The van der Waals surface area contributed by atoms with Gasteiger partial charge in [-0.1, -0.05) is 22.0 Å². The first-order chi connectivity index (χ1) is 7.50. The van der Waals surface area contributed by atoms with E-state index in [-0.39, 0.29) is 5.54 Å². The lowest BCUT2D eigenvalue weighted by atomic mass is 9.93. The fourth-order valence-corrected chi connectivity index (χ4v) is 3.24. The molecule has 1 heterocycles. The SMILES string of the molecule is CC(C)(N)c1c(Br)cccc1N1CCCC1. The van der Waals surface area contributed by atoms with Crippen LogP contribution in [-0.4, -0.2) is 13.1 Å². The van der Waals surface area contributed by atoms with Crippen molar-refractivity contribution in [1.82, 2.24) is 0 Å². The van der Waals surface area contributed by atoms with Crippen LogP contribution in [0.25, 0.3) is 0 Å². The second kappa shape index (κ2) is 4.38. The van der Waals surface area contributed by atoms with Crippen molar-refractivity contribution in [1.29, 1.82) is 0 Å². The van der Waals surface area contributed by atoms with Crippen molar-refractivity contribution >= 4 is 21.6 Å². The number of nitrogens with zero attached hydrogens (tertiary/aromatic N) is 1.